The molecule has 1 aliphatic rings. The molecule has 0 bridgehead atoms. The van der Waals surface area contributed by atoms with Crippen molar-refractivity contribution in [2.24, 2.45) is 4.99 Å². The van der Waals surface area contributed by atoms with Crippen molar-refractivity contribution in [1.82, 2.24) is 4.90 Å². The van der Waals surface area contributed by atoms with Crippen molar-refractivity contribution in [2.45, 2.75) is 12.5 Å². The maximum atomic E-state index is 14.3. The molecule has 2 aromatic carbocycles. The highest BCUT2D eigenvalue weighted by atomic mass is 35.5. The van der Waals surface area contributed by atoms with Gasteiger partial charge in [-0.3, -0.25) is 4.99 Å². The monoisotopic (exact) mass is 338 g/mol. The van der Waals surface area contributed by atoms with Gasteiger partial charge in [-0.25, -0.2) is 4.39 Å². The van der Waals surface area contributed by atoms with E-state index in [9.17, 15) is 4.39 Å². The van der Waals surface area contributed by atoms with Gasteiger partial charge < -0.3 is 4.90 Å². The van der Waals surface area contributed by atoms with E-state index in [2.05, 4.69) is 6.07 Å². The van der Waals surface area contributed by atoms with Crippen molar-refractivity contribution in [3.05, 3.63) is 70.0 Å². The number of fused-ring (bicyclic) bond motifs is 1. The Hall–Kier alpha value is -1.58. The molecule has 116 valence electrons. The van der Waals surface area contributed by atoms with E-state index in [0.717, 1.165) is 17.8 Å². The van der Waals surface area contributed by atoms with E-state index < -0.39 is 0 Å². The summed E-state index contributed by atoms with van der Waals surface area (Å²) in [5.74, 6) is 0.615. The molecular formula is C17H17Cl2FN2. The molecule has 2 nitrogen and oxygen atoms in total. The molecule has 0 aromatic heterocycles. The van der Waals surface area contributed by atoms with Crippen LogP contribution in [0.5, 0.6) is 0 Å². The Morgan fingerprint density at radius 2 is 1.86 bits per heavy atom. The summed E-state index contributed by atoms with van der Waals surface area (Å²) in [6.45, 7) is 0. The normalized spacial score (nSPS) is 16.4. The van der Waals surface area contributed by atoms with Gasteiger partial charge in [-0.05, 0) is 23.3 Å². The molecule has 1 atom stereocenters. The fourth-order valence-electron chi connectivity index (χ4n) is 2.66. The van der Waals surface area contributed by atoms with Crippen LogP contribution in [-0.4, -0.2) is 24.8 Å². The summed E-state index contributed by atoms with van der Waals surface area (Å²) >= 11 is 6.23. The highest BCUT2D eigenvalue weighted by molar-refractivity contribution is 6.31. The topological polar surface area (TPSA) is 15.6 Å². The predicted octanol–water partition coefficient (Wildman–Crippen LogP) is 4.51. The van der Waals surface area contributed by atoms with E-state index in [0.29, 0.717) is 10.6 Å². The van der Waals surface area contributed by atoms with Crippen molar-refractivity contribution in [3.63, 3.8) is 0 Å². The molecule has 22 heavy (non-hydrogen) atoms. The van der Waals surface area contributed by atoms with Crippen LogP contribution in [0.3, 0.4) is 0 Å². The molecule has 3 rings (SSSR count). The number of aliphatic imine (C=N–C) groups is 1. The van der Waals surface area contributed by atoms with E-state index in [4.69, 9.17) is 16.6 Å². The highest BCUT2D eigenvalue weighted by Gasteiger charge is 2.27. The Kier molecular flexibility index (Phi) is 5.09. The number of hydrogen-bond acceptors (Lipinski definition) is 2. The van der Waals surface area contributed by atoms with Crippen molar-refractivity contribution in [1.29, 1.82) is 0 Å². The summed E-state index contributed by atoms with van der Waals surface area (Å²) in [7, 11) is 3.90. The lowest BCUT2D eigenvalue weighted by Gasteiger charge is -2.28. The Bertz CT molecular complexity index is 693. The second-order valence-corrected chi connectivity index (χ2v) is 5.76. The summed E-state index contributed by atoms with van der Waals surface area (Å²) < 4.78 is 14.3. The minimum atomic E-state index is -0.388. The fourth-order valence-corrected chi connectivity index (χ4v) is 2.93. The minimum Gasteiger partial charge on any atom is -0.366 e. The number of halogens is 3. The summed E-state index contributed by atoms with van der Waals surface area (Å²) in [5, 5.41) is 0.415. The van der Waals surface area contributed by atoms with E-state index in [-0.39, 0.29) is 24.3 Å². The predicted molar refractivity (Wildman–Crippen MR) is 91.8 cm³/mol. The molecule has 0 fully saturated rings. The van der Waals surface area contributed by atoms with Gasteiger partial charge in [0.25, 0.3) is 0 Å². The molecule has 1 unspecified atom stereocenters. The first-order chi connectivity index (χ1) is 10.1. The van der Waals surface area contributed by atoms with Crippen LogP contribution < -0.4 is 0 Å². The molecule has 2 aromatic rings. The first-order valence-electron chi connectivity index (χ1n) is 6.83. The van der Waals surface area contributed by atoms with Crippen LogP contribution in [0.4, 0.5) is 4.39 Å². The molecule has 0 spiro atoms. The van der Waals surface area contributed by atoms with Gasteiger partial charge in [-0.15, -0.1) is 12.4 Å². The maximum Gasteiger partial charge on any atom is 0.130 e. The standard InChI is InChI=1S/C17H16ClFN2.ClH/c1-21(2)15-10-11-6-3-4-7-12(11)17(20-15)16-13(18)8-5-9-14(16)19;/h3-9,17H,10H2,1-2H3;1H. The molecule has 1 heterocycles. The maximum absolute atomic E-state index is 14.3. The number of nitrogens with zero attached hydrogens (tertiary/aromatic N) is 2. The third-order valence-electron chi connectivity index (χ3n) is 3.77. The molecule has 0 radical (unpaired) electrons. The van der Waals surface area contributed by atoms with Gasteiger partial charge in [0.05, 0.1) is 0 Å². The average molecular weight is 339 g/mol. The number of likely N-dealkylation sites (N-methyl/N-ethyl adjacent to an activating group) is 1. The van der Waals surface area contributed by atoms with Gasteiger partial charge >= 0.3 is 0 Å². The van der Waals surface area contributed by atoms with Gasteiger partial charge in [0.1, 0.15) is 17.7 Å². The third kappa shape index (κ3) is 2.96. The van der Waals surface area contributed by atoms with Gasteiger partial charge in [0.15, 0.2) is 0 Å². The van der Waals surface area contributed by atoms with Crippen LogP contribution in [0.1, 0.15) is 22.7 Å². The SMILES string of the molecule is CN(C)C1=NC(c2c(F)cccc2Cl)c2ccccc2C1.Cl. The van der Waals surface area contributed by atoms with Crippen molar-refractivity contribution in [2.75, 3.05) is 14.1 Å². The van der Waals surface area contributed by atoms with Crippen LogP contribution in [-0.2, 0) is 6.42 Å². The van der Waals surface area contributed by atoms with Gasteiger partial charge in [-0.2, -0.15) is 0 Å². The largest absolute Gasteiger partial charge is 0.366 e. The molecule has 0 aliphatic carbocycles. The lowest BCUT2D eigenvalue weighted by atomic mass is 9.90. The first-order valence-corrected chi connectivity index (χ1v) is 7.21. The van der Waals surface area contributed by atoms with Gasteiger partial charge in [0, 0.05) is 31.1 Å². The number of benzene rings is 2. The van der Waals surface area contributed by atoms with E-state index >= 15 is 0 Å². The summed E-state index contributed by atoms with van der Waals surface area (Å²) in [4.78, 5) is 6.70. The summed E-state index contributed by atoms with van der Waals surface area (Å²) in [6.07, 6.45) is 0.756. The molecular weight excluding hydrogens is 322 g/mol. The molecule has 5 heteroatoms. The Labute approximate surface area is 141 Å². The highest BCUT2D eigenvalue weighted by Crippen LogP contribution is 2.37. The second kappa shape index (κ2) is 6.67. The lowest BCUT2D eigenvalue weighted by Crippen LogP contribution is -2.29. The Balaban J connectivity index is 0.00000176. The molecule has 0 N–H and O–H groups in total. The van der Waals surface area contributed by atoms with E-state index in [1.165, 1.54) is 11.6 Å². The minimum absolute atomic E-state index is 0. The van der Waals surface area contributed by atoms with Crippen LogP contribution in [0, 0.1) is 5.82 Å². The van der Waals surface area contributed by atoms with Crippen LogP contribution in [0.25, 0.3) is 0 Å². The number of hydrogen-bond donors (Lipinski definition) is 0. The Morgan fingerprint density at radius 1 is 1.14 bits per heavy atom. The van der Waals surface area contributed by atoms with Crippen LogP contribution in [0.15, 0.2) is 47.5 Å². The molecule has 0 saturated carbocycles. The van der Waals surface area contributed by atoms with Crippen LogP contribution in [0.2, 0.25) is 5.02 Å². The zero-order valence-electron chi connectivity index (χ0n) is 12.4. The molecule has 1 aliphatic heterocycles. The number of amidine groups is 1. The number of rotatable bonds is 1. The summed E-state index contributed by atoms with van der Waals surface area (Å²) in [5.41, 5.74) is 2.64. The van der Waals surface area contributed by atoms with E-state index in [1.807, 2.05) is 37.2 Å². The zero-order valence-corrected chi connectivity index (χ0v) is 14.0. The molecule has 0 amide bonds. The smallest absolute Gasteiger partial charge is 0.130 e. The van der Waals surface area contributed by atoms with Crippen molar-refractivity contribution < 1.29 is 4.39 Å². The van der Waals surface area contributed by atoms with Gasteiger partial charge in [-0.1, -0.05) is 41.9 Å². The fraction of sp³-hybridized carbons (Fsp3) is 0.235. The molecule has 0 saturated heterocycles. The second-order valence-electron chi connectivity index (χ2n) is 5.35. The quantitative estimate of drug-likeness (QED) is 0.747. The first kappa shape index (κ1) is 16.8. The van der Waals surface area contributed by atoms with E-state index in [1.54, 1.807) is 12.1 Å². The average Bonchev–Trinajstić information content (AvgIpc) is 2.46. The Morgan fingerprint density at radius 3 is 2.55 bits per heavy atom. The van der Waals surface area contributed by atoms with Crippen molar-refractivity contribution >= 4 is 29.8 Å². The van der Waals surface area contributed by atoms with Crippen molar-refractivity contribution in [3.8, 4) is 0 Å². The van der Waals surface area contributed by atoms with Gasteiger partial charge in [0.2, 0.25) is 0 Å². The van der Waals surface area contributed by atoms with Crippen LogP contribution >= 0.6 is 24.0 Å². The third-order valence-corrected chi connectivity index (χ3v) is 4.10. The summed E-state index contributed by atoms with van der Waals surface area (Å²) in [6, 6.07) is 12.4. The zero-order chi connectivity index (χ0) is 15.0. The lowest BCUT2D eigenvalue weighted by molar-refractivity contribution is 0.574.